The van der Waals surface area contributed by atoms with Crippen LogP contribution in [-0.2, 0) is 0 Å². The lowest BCUT2D eigenvalue weighted by Gasteiger charge is -2.23. The van der Waals surface area contributed by atoms with Crippen LogP contribution in [0.1, 0.15) is 90.0 Å². The molecule has 1 saturated heterocycles. The number of nitrogens with zero attached hydrogens (tertiary/aromatic N) is 1. The number of likely N-dealkylation sites (N-methyl/N-ethyl adjacent to an activating group) is 1. The molecule has 1 atom stereocenters. The Morgan fingerprint density at radius 1 is 0.949 bits per heavy atom. The molecule has 1 unspecified atom stereocenters. The van der Waals surface area contributed by atoms with E-state index in [0.717, 1.165) is 38.8 Å². The smallest absolute Gasteiger partial charge is 0.251 e. The van der Waals surface area contributed by atoms with Crippen LogP contribution in [0, 0.1) is 18.2 Å². The number of nitrogens with one attached hydrogen (secondary N) is 3. The third-order valence-corrected chi connectivity index (χ3v) is 7.52. The van der Waals surface area contributed by atoms with E-state index in [1.165, 1.54) is 6.07 Å². The van der Waals surface area contributed by atoms with Crippen LogP contribution in [0.5, 0.6) is 0 Å². The van der Waals surface area contributed by atoms with Crippen molar-refractivity contribution in [2.75, 3.05) is 26.2 Å². The van der Waals surface area contributed by atoms with Crippen LogP contribution < -0.4 is 16.0 Å². The Morgan fingerprint density at radius 3 is 2.36 bits per heavy atom. The number of benzene rings is 2. The molecule has 2 aliphatic rings. The largest absolute Gasteiger partial charge is 0.352 e. The summed E-state index contributed by atoms with van der Waals surface area (Å²) in [4.78, 5) is 41.7. The minimum absolute atomic E-state index is 0.0989. The second-order valence-corrected chi connectivity index (χ2v) is 12.0. The average Bonchev–Trinajstić information content (AvgIpc) is 3.59. The Hall–Kier alpha value is -3.26. The maximum atomic E-state index is 15.1. The van der Waals surface area contributed by atoms with E-state index in [2.05, 4.69) is 27.8 Å². The van der Waals surface area contributed by atoms with E-state index in [4.69, 9.17) is 0 Å². The zero-order chi connectivity index (χ0) is 28.3. The van der Waals surface area contributed by atoms with Crippen molar-refractivity contribution in [3.8, 4) is 11.1 Å². The molecule has 1 heterocycles. The van der Waals surface area contributed by atoms with E-state index in [1.54, 1.807) is 31.2 Å². The molecule has 210 valence electrons. The molecule has 0 bridgehead atoms. The maximum absolute atomic E-state index is 15.1. The molecule has 39 heavy (non-hydrogen) atoms. The summed E-state index contributed by atoms with van der Waals surface area (Å²) in [6, 6.07) is 8.17. The maximum Gasteiger partial charge on any atom is 0.251 e. The second kappa shape index (κ2) is 11.9. The molecule has 7 nitrogen and oxygen atoms in total. The third-order valence-electron chi connectivity index (χ3n) is 7.52. The molecule has 1 saturated carbocycles. The Kier molecular flexibility index (Phi) is 8.74. The van der Waals surface area contributed by atoms with E-state index in [1.807, 2.05) is 20.8 Å². The summed E-state index contributed by atoms with van der Waals surface area (Å²) in [5, 5.41) is 8.89. The monoisotopic (exact) mass is 536 g/mol. The fraction of sp³-hybridized carbons (Fsp3) is 0.516. The van der Waals surface area contributed by atoms with Crippen LogP contribution in [0.3, 0.4) is 0 Å². The Labute approximate surface area is 230 Å². The van der Waals surface area contributed by atoms with Gasteiger partial charge in [0.25, 0.3) is 17.7 Å². The summed E-state index contributed by atoms with van der Waals surface area (Å²) in [6.07, 6.45) is 3.95. The van der Waals surface area contributed by atoms with Crippen LogP contribution in [0.15, 0.2) is 30.3 Å². The van der Waals surface area contributed by atoms with Gasteiger partial charge in [-0.05, 0) is 92.1 Å². The molecule has 8 heteroatoms. The van der Waals surface area contributed by atoms with Gasteiger partial charge in [0.05, 0.1) is 0 Å². The first-order chi connectivity index (χ1) is 18.5. The van der Waals surface area contributed by atoms with Crippen LogP contribution >= 0.6 is 0 Å². The van der Waals surface area contributed by atoms with Crippen LogP contribution in [0.25, 0.3) is 11.1 Å². The van der Waals surface area contributed by atoms with Gasteiger partial charge in [-0.1, -0.05) is 33.8 Å². The number of likely N-dealkylation sites (tertiary alicyclic amines) is 1. The van der Waals surface area contributed by atoms with Crippen molar-refractivity contribution in [3.63, 3.8) is 0 Å². The Morgan fingerprint density at radius 2 is 1.69 bits per heavy atom. The molecule has 3 N–H and O–H groups in total. The zero-order valence-electron chi connectivity index (χ0n) is 23.7. The summed E-state index contributed by atoms with van der Waals surface area (Å²) < 4.78 is 15.1. The standard InChI is InChI=1S/C31H41FN4O3/c1-6-36-13-7-8-23(36)17-33-30(39)26-14-20(28(37)34-18-31(3,4)5)9-12-24(26)25-15-21(16-27(32)19(25)2)29(38)35-22-10-11-22/h9,12,14-16,22-23H,6-8,10-11,13,17-18H2,1-5H3,(H,33,39)(H,34,37)(H,35,38). The predicted octanol–water partition coefficient (Wildman–Crippen LogP) is 4.68. The van der Waals surface area contributed by atoms with Gasteiger partial charge in [0.2, 0.25) is 0 Å². The van der Waals surface area contributed by atoms with Crippen molar-refractivity contribution in [1.29, 1.82) is 0 Å². The van der Waals surface area contributed by atoms with Gasteiger partial charge in [0.1, 0.15) is 5.82 Å². The molecule has 3 amide bonds. The van der Waals surface area contributed by atoms with Crippen LogP contribution in [-0.4, -0.2) is 60.9 Å². The van der Waals surface area contributed by atoms with Crippen LogP contribution in [0.4, 0.5) is 4.39 Å². The minimum Gasteiger partial charge on any atom is -0.352 e. The average molecular weight is 537 g/mol. The zero-order valence-corrected chi connectivity index (χ0v) is 23.7. The lowest BCUT2D eigenvalue weighted by Crippen LogP contribution is -2.40. The Balaban J connectivity index is 1.69. The van der Waals surface area contributed by atoms with E-state index in [-0.39, 0.29) is 46.3 Å². The summed E-state index contributed by atoms with van der Waals surface area (Å²) >= 11 is 0. The Bertz CT molecular complexity index is 1250. The van der Waals surface area contributed by atoms with Crippen LogP contribution in [0.2, 0.25) is 0 Å². The van der Waals surface area contributed by atoms with E-state index >= 15 is 4.39 Å². The predicted molar refractivity (Wildman–Crippen MR) is 151 cm³/mol. The normalized spacial score (nSPS) is 17.6. The van der Waals surface area contributed by atoms with Crippen molar-refractivity contribution in [1.82, 2.24) is 20.9 Å². The van der Waals surface area contributed by atoms with Gasteiger partial charge in [-0.2, -0.15) is 0 Å². The fourth-order valence-corrected chi connectivity index (χ4v) is 4.99. The molecule has 2 fully saturated rings. The molecule has 0 radical (unpaired) electrons. The van der Waals surface area contributed by atoms with Crippen molar-refractivity contribution < 1.29 is 18.8 Å². The highest BCUT2D eigenvalue weighted by Gasteiger charge is 2.27. The number of halogens is 1. The molecule has 1 aliphatic heterocycles. The molecule has 4 rings (SSSR count). The minimum atomic E-state index is -0.517. The quantitative estimate of drug-likeness (QED) is 0.434. The first-order valence-corrected chi connectivity index (χ1v) is 14.0. The molecule has 0 spiro atoms. The van der Waals surface area contributed by atoms with Crippen molar-refractivity contribution >= 4 is 17.7 Å². The van der Waals surface area contributed by atoms with Gasteiger partial charge in [-0.25, -0.2) is 4.39 Å². The molecule has 2 aromatic rings. The summed E-state index contributed by atoms with van der Waals surface area (Å²) in [5.74, 6) is -1.45. The van der Waals surface area contributed by atoms with Gasteiger partial charge in [-0.3, -0.25) is 19.3 Å². The van der Waals surface area contributed by atoms with Crippen molar-refractivity contribution in [2.45, 2.75) is 72.4 Å². The van der Waals surface area contributed by atoms with E-state index in [0.29, 0.717) is 35.3 Å². The molecule has 2 aromatic carbocycles. The van der Waals surface area contributed by atoms with Gasteiger partial charge in [0, 0.05) is 41.9 Å². The third kappa shape index (κ3) is 7.24. The number of amides is 3. The number of hydrogen-bond acceptors (Lipinski definition) is 4. The van der Waals surface area contributed by atoms with Gasteiger partial charge < -0.3 is 16.0 Å². The highest BCUT2D eigenvalue weighted by atomic mass is 19.1. The van der Waals surface area contributed by atoms with Gasteiger partial charge in [-0.15, -0.1) is 0 Å². The highest BCUT2D eigenvalue weighted by molar-refractivity contribution is 6.05. The summed E-state index contributed by atoms with van der Waals surface area (Å²) in [6.45, 7) is 12.7. The molecule has 0 aromatic heterocycles. The van der Waals surface area contributed by atoms with Gasteiger partial charge >= 0.3 is 0 Å². The number of carbonyl (C=O) groups is 3. The summed E-state index contributed by atoms with van der Waals surface area (Å²) in [5.41, 5.74) is 2.02. The van der Waals surface area contributed by atoms with Crippen molar-refractivity contribution in [2.24, 2.45) is 5.41 Å². The lowest BCUT2D eigenvalue weighted by atomic mass is 9.91. The molecule has 1 aliphatic carbocycles. The second-order valence-electron chi connectivity index (χ2n) is 12.0. The van der Waals surface area contributed by atoms with Crippen molar-refractivity contribution in [3.05, 3.63) is 58.4 Å². The molecular weight excluding hydrogens is 495 g/mol. The summed E-state index contributed by atoms with van der Waals surface area (Å²) in [7, 11) is 0. The first-order valence-electron chi connectivity index (χ1n) is 14.0. The molecular formula is C31H41FN4O3. The topological polar surface area (TPSA) is 90.5 Å². The van der Waals surface area contributed by atoms with E-state index in [9.17, 15) is 14.4 Å². The highest BCUT2D eigenvalue weighted by Crippen LogP contribution is 2.31. The lowest BCUT2D eigenvalue weighted by molar-refractivity contribution is 0.0933. The fourth-order valence-electron chi connectivity index (χ4n) is 4.99. The SMILES string of the molecule is CCN1CCCC1CNC(=O)c1cc(C(=O)NCC(C)(C)C)ccc1-c1cc(C(=O)NC2CC2)cc(F)c1C. The number of hydrogen-bond donors (Lipinski definition) is 3. The first kappa shape index (κ1) is 28.7. The van der Waals surface area contributed by atoms with E-state index < -0.39 is 5.82 Å². The number of rotatable bonds is 9. The number of carbonyl (C=O) groups excluding carboxylic acids is 3. The van der Waals surface area contributed by atoms with Gasteiger partial charge in [0.15, 0.2) is 0 Å².